The Morgan fingerprint density at radius 3 is 2.65 bits per heavy atom. The number of carbonyl (C=O) groups excluding carboxylic acids is 1. The highest BCUT2D eigenvalue weighted by molar-refractivity contribution is 5.91. The van der Waals surface area contributed by atoms with Crippen LogP contribution in [0.15, 0.2) is 6.07 Å². The summed E-state index contributed by atoms with van der Waals surface area (Å²) in [6.07, 6.45) is 3.21. The topological polar surface area (TPSA) is 63.4 Å². The minimum atomic E-state index is -0.0668. The third-order valence-corrected chi connectivity index (χ3v) is 4.89. The van der Waals surface area contributed by atoms with Crippen molar-refractivity contribution >= 4 is 11.7 Å². The van der Waals surface area contributed by atoms with E-state index in [0.717, 1.165) is 30.7 Å². The zero-order valence-electron chi connectivity index (χ0n) is 14.6. The molecule has 0 bridgehead atoms. The molecular formula is C17H25N5O. The smallest absolute Gasteiger partial charge is 0.294 e. The normalized spacial score (nSPS) is 17.3. The summed E-state index contributed by atoms with van der Waals surface area (Å²) in [5.41, 5.74) is 1.82. The highest BCUT2D eigenvalue weighted by atomic mass is 16.2. The molecule has 6 nitrogen and oxygen atoms in total. The number of fused-ring (bicyclic) bond motifs is 1. The molecule has 0 radical (unpaired) electrons. The van der Waals surface area contributed by atoms with Crippen molar-refractivity contribution in [1.82, 2.24) is 24.5 Å². The number of hydrogen-bond acceptors (Lipinski definition) is 4. The van der Waals surface area contributed by atoms with Gasteiger partial charge in [0, 0.05) is 23.5 Å². The number of rotatable bonds is 5. The summed E-state index contributed by atoms with van der Waals surface area (Å²) in [4.78, 5) is 23.8. The van der Waals surface area contributed by atoms with Gasteiger partial charge in [-0.1, -0.05) is 20.3 Å². The van der Waals surface area contributed by atoms with Crippen molar-refractivity contribution in [2.24, 2.45) is 5.92 Å². The van der Waals surface area contributed by atoms with Crippen LogP contribution in [0.1, 0.15) is 62.0 Å². The van der Waals surface area contributed by atoms with Crippen LogP contribution in [-0.2, 0) is 0 Å². The molecule has 2 aromatic heterocycles. The van der Waals surface area contributed by atoms with Crippen LogP contribution in [0, 0.1) is 19.8 Å². The van der Waals surface area contributed by atoms with Crippen molar-refractivity contribution in [3.05, 3.63) is 23.3 Å². The summed E-state index contributed by atoms with van der Waals surface area (Å²) in [7, 11) is 0. The number of aryl methyl sites for hydroxylation is 2. The molecule has 23 heavy (non-hydrogen) atoms. The third-order valence-electron chi connectivity index (χ3n) is 4.89. The van der Waals surface area contributed by atoms with Crippen LogP contribution in [0.4, 0.5) is 0 Å². The van der Waals surface area contributed by atoms with Gasteiger partial charge >= 0.3 is 0 Å². The minimum Gasteiger partial charge on any atom is -0.330 e. The zero-order chi connectivity index (χ0) is 16.7. The molecule has 0 saturated heterocycles. The Labute approximate surface area is 136 Å². The van der Waals surface area contributed by atoms with E-state index in [4.69, 9.17) is 0 Å². The summed E-state index contributed by atoms with van der Waals surface area (Å²) < 4.78 is 1.65. The summed E-state index contributed by atoms with van der Waals surface area (Å²) in [5, 5.41) is 4.40. The second kappa shape index (κ2) is 5.91. The largest absolute Gasteiger partial charge is 0.330 e. The van der Waals surface area contributed by atoms with E-state index in [9.17, 15) is 4.79 Å². The molecule has 1 amide bonds. The Morgan fingerprint density at radius 1 is 1.35 bits per heavy atom. The molecule has 3 rings (SSSR count). The lowest BCUT2D eigenvalue weighted by Crippen LogP contribution is -2.44. The molecule has 124 valence electrons. The predicted molar refractivity (Wildman–Crippen MR) is 88.4 cm³/mol. The van der Waals surface area contributed by atoms with Crippen LogP contribution in [0.5, 0.6) is 0 Å². The fraction of sp³-hybridized carbons (Fsp3) is 0.647. The van der Waals surface area contributed by atoms with Gasteiger partial charge < -0.3 is 4.90 Å². The third kappa shape index (κ3) is 2.94. The van der Waals surface area contributed by atoms with E-state index in [-0.39, 0.29) is 17.8 Å². The first-order chi connectivity index (χ1) is 10.9. The maximum atomic E-state index is 13.0. The summed E-state index contributed by atoms with van der Waals surface area (Å²) in [6.45, 7) is 10.4. The fourth-order valence-corrected chi connectivity index (χ4v) is 3.02. The standard InChI is InChI=1S/C17H25N5O/c1-6-10(2)13(5)21(14-7-8-14)16(23)15-19-17-18-11(3)9-12(4)22(17)20-15/h9-10,13-14H,6-8H2,1-5H3. The molecule has 2 unspecified atom stereocenters. The van der Waals surface area contributed by atoms with Gasteiger partial charge in [-0.3, -0.25) is 4.79 Å². The van der Waals surface area contributed by atoms with Crippen LogP contribution in [0.3, 0.4) is 0 Å². The molecule has 1 saturated carbocycles. The van der Waals surface area contributed by atoms with E-state index in [1.165, 1.54) is 0 Å². The number of carbonyl (C=O) groups is 1. The van der Waals surface area contributed by atoms with E-state index in [2.05, 4.69) is 35.8 Å². The van der Waals surface area contributed by atoms with E-state index >= 15 is 0 Å². The molecular weight excluding hydrogens is 290 g/mol. The van der Waals surface area contributed by atoms with E-state index < -0.39 is 0 Å². The van der Waals surface area contributed by atoms with Crippen molar-refractivity contribution < 1.29 is 4.79 Å². The molecule has 0 aliphatic heterocycles. The van der Waals surface area contributed by atoms with Crippen molar-refractivity contribution in [3.63, 3.8) is 0 Å². The fourth-order valence-electron chi connectivity index (χ4n) is 3.02. The molecule has 2 heterocycles. The lowest BCUT2D eigenvalue weighted by atomic mass is 9.99. The second-order valence-corrected chi connectivity index (χ2v) is 6.76. The lowest BCUT2D eigenvalue weighted by molar-refractivity contribution is 0.0603. The number of nitrogens with zero attached hydrogens (tertiary/aromatic N) is 5. The Morgan fingerprint density at radius 2 is 2.04 bits per heavy atom. The maximum Gasteiger partial charge on any atom is 0.294 e. The first-order valence-electron chi connectivity index (χ1n) is 8.46. The van der Waals surface area contributed by atoms with Gasteiger partial charge in [-0.15, -0.1) is 5.10 Å². The van der Waals surface area contributed by atoms with Crippen molar-refractivity contribution in [2.75, 3.05) is 0 Å². The second-order valence-electron chi connectivity index (χ2n) is 6.76. The first kappa shape index (κ1) is 15.9. The van der Waals surface area contributed by atoms with Gasteiger partial charge in [-0.25, -0.2) is 9.50 Å². The minimum absolute atomic E-state index is 0.0668. The lowest BCUT2D eigenvalue weighted by Gasteiger charge is -2.32. The summed E-state index contributed by atoms with van der Waals surface area (Å²) in [5.74, 6) is 1.15. The van der Waals surface area contributed by atoms with E-state index in [1.54, 1.807) is 4.52 Å². The van der Waals surface area contributed by atoms with Crippen molar-refractivity contribution in [3.8, 4) is 0 Å². The Balaban J connectivity index is 1.96. The molecule has 2 aromatic rings. The van der Waals surface area contributed by atoms with Gasteiger partial charge in [0.05, 0.1) is 0 Å². The summed E-state index contributed by atoms with van der Waals surface area (Å²) in [6, 6.07) is 2.48. The molecule has 6 heteroatoms. The van der Waals surface area contributed by atoms with Crippen LogP contribution in [0.25, 0.3) is 5.78 Å². The zero-order valence-corrected chi connectivity index (χ0v) is 14.6. The van der Waals surface area contributed by atoms with Crippen LogP contribution < -0.4 is 0 Å². The van der Waals surface area contributed by atoms with Crippen LogP contribution in [0.2, 0.25) is 0 Å². The number of hydrogen-bond donors (Lipinski definition) is 0. The highest BCUT2D eigenvalue weighted by Crippen LogP contribution is 2.32. The molecule has 1 aliphatic rings. The monoisotopic (exact) mass is 315 g/mol. The molecule has 0 spiro atoms. The van der Waals surface area contributed by atoms with Gasteiger partial charge in [0.1, 0.15) is 0 Å². The maximum absolute atomic E-state index is 13.0. The first-order valence-corrected chi connectivity index (χ1v) is 8.46. The van der Waals surface area contributed by atoms with E-state index in [1.807, 2.05) is 24.8 Å². The van der Waals surface area contributed by atoms with E-state index in [0.29, 0.717) is 17.7 Å². The number of aromatic nitrogens is 4. The van der Waals surface area contributed by atoms with Crippen LogP contribution >= 0.6 is 0 Å². The quantitative estimate of drug-likeness (QED) is 0.851. The molecule has 1 aliphatic carbocycles. The Kier molecular flexibility index (Phi) is 4.08. The Bertz CT molecular complexity index is 734. The van der Waals surface area contributed by atoms with Gasteiger partial charge in [0.25, 0.3) is 11.7 Å². The molecule has 2 atom stereocenters. The molecule has 0 aromatic carbocycles. The average molecular weight is 315 g/mol. The SMILES string of the molecule is CCC(C)C(C)N(C(=O)c1nc2nc(C)cc(C)n2n1)C1CC1. The molecule has 0 N–H and O–H groups in total. The van der Waals surface area contributed by atoms with Crippen molar-refractivity contribution in [1.29, 1.82) is 0 Å². The van der Waals surface area contributed by atoms with Crippen molar-refractivity contribution in [2.45, 2.75) is 66.0 Å². The number of amides is 1. The highest BCUT2D eigenvalue weighted by Gasteiger charge is 2.39. The summed E-state index contributed by atoms with van der Waals surface area (Å²) >= 11 is 0. The average Bonchev–Trinajstić information content (AvgIpc) is 3.24. The Hall–Kier alpha value is -1.98. The molecule has 1 fully saturated rings. The van der Waals surface area contributed by atoms with Gasteiger partial charge in [0.2, 0.25) is 5.82 Å². The van der Waals surface area contributed by atoms with Gasteiger partial charge in [0.15, 0.2) is 0 Å². The van der Waals surface area contributed by atoms with Gasteiger partial charge in [-0.05, 0) is 45.6 Å². The predicted octanol–water partition coefficient (Wildman–Crippen LogP) is 2.78. The van der Waals surface area contributed by atoms with Crippen LogP contribution in [-0.4, -0.2) is 42.5 Å². The van der Waals surface area contributed by atoms with Gasteiger partial charge in [-0.2, -0.15) is 4.98 Å².